The molecule has 29 heavy (non-hydrogen) atoms. The molecule has 0 aromatic heterocycles. The van der Waals surface area contributed by atoms with Gasteiger partial charge in [0.15, 0.2) is 0 Å². The van der Waals surface area contributed by atoms with Gasteiger partial charge in [-0.1, -0.05) is 19.9 Å². The fourth-order valence-electron chi connectivity index (χ4n) is 10.0. The highest BCUT2D eigenvalue weighted by Crippen LogP contribution is 2.79. The summed E-state index contributed by atoms with van der Waals surface area (Å²) in [4.78, 5) is 14.7. The molecule has 5 aliphatic carbocycles. The molecule has 5 heteroatoms. The van der Waals surface area contributed by atoms with E-state index < -0.39 is 0 Å². The first-order valence-electron chi connectivity index (χ1n) is 11.8. The van der Waals surface area contributed by atoms with Crippen molar-refractivity contribution in [1.29, 1.82) is 0 Å². The van der Waals surface area contributed by atoms with Crippen molar-refractivity contribution in [2.24, 2.45) is 34.0 Å². The number of hydrogen-bond acceptors (Lipinski definition) is 5. The number of carbonyl (C=O) groups is 1. The summed E-state index contributed by atoms with van der Waals surface area (Å²) in [6.07, 6.45) is 8.86. The monoisotopic (exact) mass is 399 g/mol. The van der Waals surface area contributed by atoms with Crippen molar-refractivity contribution < 1.29 is 19.0 Å². The summed E-state index contributed by atoms with van der Waals surface area (Å²) in [6.45, 7) is 10.3. The van der Waals surface area contributed by atoms with E-state index in [0.29, 0.717) is 17.8 Å². The second-order valence-electron chi connectivity index (χ2n) is 11.4. The smallest absolute Gasteiger partial charge is 0.303 e. The number of ether oxygens (including phenoxy) is 3. The van der Waals surface area contributed by atoms with Crippen LogP contribution in [0, 0.1) is 34.0 Å². The number of esters is 1. The SMILES string of the molecule is C=C1[C@H]2CC[C@]3([C@@H](C2)[C@@]24CCC[C@@]5(C)[C@@H]6OCCN6[C@H]2O[C@@H]3C[C@H]54)[C@H]1OC(C)=O. The quantitative estimate of drug-likeness (QED) is 0.499. The Labute approximate surface area is 173 Å². The molecular weight excluding hydrogens is 366 g/mol. The molecule has 4 aliphatic heterocycles. The van der Waals surface area contributed by atoms with Gasteiger partial charge in [0.1, 0.15) is 18.6 Å². The third-order valence-electron chi connectivity index (χ3n) is 10.7. The van der Waals surface area contributed by atoms with E-state index in [1.165, 1.54) is 37.7 Å². The van der Waals surface area contributed by atoms with Gasteiger partial charge in [0, 0.05) is 29.7 Å². The summed E-state index contributed by atoms with van der Waals surface area (Å²) in [5.41, 5.74) is 1.51. The van der Waals surface area contributed by atoms with Crippen LogP contribution in [0.1, 0.15) is 58.8 Å². The lowest BCUT2D eigenvalue weighted by atomic mass is 9.32. The molecule has 7 bridgehead atoms. The van der Waals surface area contributed by atoms with Crippen molar-refractivity contribution in [3.05, 3.63) is 12.2 Å². The zero-order chi connectivity index (χ0) is 19.8. The van der Waals surface area contributed by atoms with Crippen molar-refractivity contribution in [2.45, 2.75) is 83.5 Å². The van der Waals surface area contributed by atoms with Crippen LogP contribution >= 0.6 is 0 Å². The predicted molar refractivity (Wildman–Crippen MR) is 106 cm³/mol. The van der Waals surface area contributed by atoms with Crippen LogP contribution < -0.4 is 0 Å². The third kappa shape index (κ3) is 1.74. The van der Waals surface area contributed by atoms with E-state index in [0.717, 1.165) is 26.0 Å². The lowest BCUT2D eigenvalue weighted by Gasteiger charge is -2.80. The van der Waals surface area contributed by atoms with Gasteiger partial charge in [0.2, 0.25) is 0 Å². The Kier molecular flexibility index (Phi) is 3.23. The zero-order valence-corrected chi connectivity index (χ0v) is 17.7. The van der Waals surface area contributed by atoms with Gasteiger partial charge < -0.3 is 14.2 Å². The summed E-state index contributed by atoms with van der Waals surface area (Å²) in [7, 11) is 0. The molecule has 10 atom stereocenters. The fourth-order valence-corrected chi connectivity index (χ4v) is 10.0. The summed E-state index contributed by atoms with van der Waals surface area (Å²) in [5.74, 6) is 1.57. The van der Waals surface area contributed by atoms with Crippen molar-refractivity contribution in [1.82, 2.24) is 4.90 Å². The summed E-state index contributed by atoms with van der Waals surface area (Å²) < 4.78 is 19.5. The standard InChI is InChI=1S/C24H33NO4/c1-13-15-5-8-24(19(13)28-14(2)26)17(11-15)23-7-4-6-22(3)16(23)12-18(24)29-21(23)25-9-10-27-20(22)25/h15-21H,1,4-12H2,2-3H3/t15-,16+,17-,18+,19-,20-,21-,22+,23-,24+/m0/s1. The topological polar surface area (TPSA) is 48.0 Å². The number of nitrogens with zero attached hydrogens (tertiary/aromatic N) is 1. The van der Waals surface area contributed by atoms with E-state index in [9.17, 15) is 4.79 Å². The van der Waals surface area contributed by atoms with Gasteiger partial charge >= 0.3 is 5.97 Å². The van der Waals surface area contributed by atoms with Gasteiger partial charge in [-0.3, -0.25) is 4.79 Å². The van der Waals surface area contributed by atoms with Gasteiger partial charge in [-0.2, -0.15) is 0 Å². The van der Waals surface area contributed by atoms with Gasteiger partial charge in [0.05, 0.1) is 12.7 Å². The minimum absolute atomic E-state index is 0.0594. The molecule has 0 unspecified atom stereocenters. The molecule has 4 saturated heterocycles. The Bertz CT molecular complexity index is 813. The van der Waals surface area contributed by atoms with Crippen molar-refractivity contribution in [2.75, 3.05) is 13.2 Å². The van der Waals surface area contributed by atoms with Crippen LogP contribution in [0.25, 0.3) is 0 Å². The number of fused-ring (bicyclic) bond motifs is 4. The van der Waals surface area contributed by atoms with Crippen LogP contribution in [0.4, 0.5) is 0 Å². The average Bonchev–Trinajstić information content (AvgIpc) is 3.19. The van der Waals surface area contributed by atoms with Crippen LogP contribution in [0.15, 0.2) is 12.2 Å². The van der Waals surface area contributed by atoms with E-state index in [-0.39, 0.29) is 46.9 Å². The normalized spacial score (nSPS) is 59.4. The molecule has 5 saturated carbocycles. The van der Waals surface area contributed by atoms with Crippen LogP contribution in [-0.4, -0.2) is 48.7 Å². The minimum Gasteiger partial charge on any atom is -0.457 e. The molecule has 5 nitrogen and oxygen atoms in total. The number of piperidine rings is 1. The molecule has 4 heterocycles. The van der Waals surface area contributed by atoms with E-state index in [1.54, 1.807) is 6.92 Å². The van der Waals surface area contributed by atoms with Gasteiger partial charge in [-0.15, -0.1) is 0 Å². The number of hydrogen-bond donors (Lipinski definition) is 0. The van der Waals surface area contributed by atoms with Crippen LogP contribution in [-0.2, 0) is 19.0 Å². The van der Waals surface area contributed by atoms with E-state index >= 15 is 0 Å². The van der Waals surface area contributed by atoms with Crippen LogP contribution in [0.2, 0.25) is 0 Å². The first-order valence-corrected chi connectivity index (χ1v) is 11.8. The second kappa shape index (κ2) is 5.28. The predicted octanol–water partition coefficient (Wildman–Crippen LogP) is 3.48. The first kappa shape index (κ1) is 17.7. The Morgan fingerprint density at radius 2 is 2.03 bits per heavy atom. The highest BCUT2D eigenvalue weighted by molar-refractivity contribution is 5.67. The van der Waals surface area contributed by atoms with Crippen molar-refractivity contribution in [3.8, 4) is 0 Å². The minimum atomic E-state index is -0.169. The Balaban J connectivity index is 1.42. The molecule has 9 rings (SSSR count). The molecular formula is C24H33NO4. The van der Waals surface area contributed by atoms with Gasteiger partial charge in [0.25, 0.3) is 0 Å². The number of carbonyl (C=O) groups excluding carboxylic acids is 1. The lowest BCUT2D eigenvalue weighted by Crippen LogP contribution is -2.83. The van der Waals surface area contributed by atoms with Gasteiger partial charge in [-0.25, -0.2) is 4.90 Å². The van der Waals surface area contributed by atoms with E-state index in [1.807, 2.05) is 0 Å². The second-order valence-corrected chi connectivity index (χ2v) is 11.4. The van der Waals surface area contributed by atoms with Crippen LogP contribution in [0.5, 0.6) is 0 Å². The maximum atomic E-state index is 12.1. The fraction of sp³-hybridized carbons (Fsp3) is 0.875. The summed E-state index contributed by atoms with van der Waals surface area (Å²) >= 11 is 0. The van der Waals surface area contributed by atoms with Crippen molar-refractivity contribution >= 4 is 5.97 Å². The summed E-state index contributed by atoms with van der Waals surface area (Å²) in [6, 6.07) is 0. The maximum Gasteiger partial charge on any atom is 0.303 e. The molecule has 9 aliphatic rings. The third-order valence-corrected chi connectivity index (χ3v) is 10.7. The Morgan fingerprint density at radius 1 is 1.17 bits per heavy atom. The molecule has 0 aromatic carbocycles. The van der Waals surface area contributed by atoms with Crippen LogP contribution in [0.3, 0.4) is 0 Å². The largest absolute Gasteiger partial charge is 0.457 e. The zero-order valence-electron chi connectivity index (χ0n) is 17.7. The molecule has 0 radical (unpaired) electrons. The average molecular weight is 400 g/mol. The molecule has 0 aromatic rings. The molecule has 2 spiro atoms. The Morgan fingerprint density at radius 3 is 2.86 bits per heavy atom. The van der Waals surface area contributed by atoms with Gasteiger partial charge in [-0.05, 0) is 61.9 Å². The molecule has 0 N–H and O–H groups in total. The highest BCUT2D eigenvalue weighted by atomic mass is 16.6. The first-order chi connectivity index (χ1) is 13.9. The number of rotatable bonds is 1. The molecule has 9 fully saturated rings. The highest BCUT2D eigenvalue weighted by Gasteiger charge is 2.81. The summed E-state index contributed by atoms with van der Waals surface area (Å²) in [5, 5.41) is 0. The van der Waals surface area contributed by atoms with E-state index in [4.69, 9.17) is 14.2 Å². The Hall–Kier alpha value is -0.910. The molecule has 0 amide bonds. The lowest BCUT2D eigenvalue weighted by molar-refractivity contribution is -0.422. The molecule has 158 valence electrons. The van der Waals surface area contributed by atoms with E-state index in [2.05, 4.69) is 18.4 Å². The maximum absolute atomic E-state index is 12.1. The van der Waals surface area contributed by atoms with Crippen molar-refractivity contribution in [3.63, 3.8) is 0 Å².